The standard InChI is InChI=1S/C10H16N2O3/c1-10(8(13)11-9(14)15-2)6-12-4-3-7(10)5-12/h7H,3-6H2,1-2H3,(H,11,13,14)/t7-,10?/m1/s1. The molecule has 2 rings (SSSR count). The monoisotopic (exact) mass is 212 g/mol. The quantitative estimate of drug-likeness (QED) is 0.675. The molecule has 2 bridgehead atoms. The van der Waals surface area contributed by atoms with E-state index in [9.17, 15) is 9.59 Å². The second-order valence-corrected chi connectivity index (χ2v) is 4.58. The Bertz CT molecular complexity index is 305. The lowest BCUT2D eigenvalue weighted by Crippen LogP contribution is -2.48. The molecular formula is C10H16N2O3. The lowest BCUT2D eigenvalue weighted by Gasteiger charge is -2.31. The fourth-order valence-electron chi connectivity index (χ4n) is 2.63. The SMILES string of the molecule is COC(=O)NC(=O)C1(C)CN2CC[C@@H]1C2. The molecule has 0 aromatic heterocycles. The molecule has 5 heteroatoms. The number of methoxy groups -OCH3 is 1. The summed E-state index contributed by atoms with van der Waals surface area (Å²) >= 11 is 0. The summed E-state index contributed by atoms with van der Waals surface area (Å²) in [7, 11) is 1.26. The lowest BCUT2D eigenvalue weighted by atomic mass is 9.76. The van der Waals surface area contributed by atoms with Gasteiger partial charge in [-0.05, 0) is 25.8 Å². The summed E-state index contributed by atoms with van der Waals surface area (Å²) in [5.41, 5.74) is -0.424. The maximum atomic E-state index is 11.9. The van der Waals surface area contributed by atoms with E-state index in [1.165, 1.54) is 7.11 Å². The van der Waals surface area contributed by atoms with Gasteiger partial charge in [0, 0.05) is 13.1 Å². The Hall–Kier alpha value is -1.10. The molecule has 2 fully saturated rings. The van der Waals surface area contributed by atoms with E-state index in [1.807, 2.05) is 6.92 Å². The number of rotatable bonds is 1. The highest BCUT2D eigenvalue weighted by molar-refractivity contribution is 5.95. The van der Waals surface area contributed by atoms with Crippen LogP contribution in [0.4, 0.5) is 4.79 Å². The molecule has 2 saturated heterocycles. The molecule has 84 valence electrons. The summed E-state index contributed by atoms with van der Waals surface area (Å²) in [4.78, 5) is 25.1. The van der Waals surface area contributed by atoms with Crippen LogP contribution in [0.1, 0.15) is 13.3 Å². The molecule has 0 spiro atoms. The number of piperidine rings is 1. The average molecular weight is 212 g/mol. The van der Waals surface area contributed by atoms with Gasteiger partial charge in [0.05, 0.1) is 12.5 Å². The van der Waals surface area contributed by atoms with Gasteiger partial charge in [-0.15, -0.1) is 0 Å². The van der Waals surface area contributed by atoms with Gasteiger partial charge >= 0.3 is 6.09 Å². The van der Waals surface area contributed by atoms with E-state index >= 15 is 0 Å². The maximum Gasteiger partial charge on any atom is 0.413 e. The zero-order chi connectivity index (χ0) is 11.1. The number of nitrogens with one attached hydrogen (secondary N) is 1. The third-order valence-corrected chi connectivity index (χ3v) is 3.65. The first-order chi connectivity index (χ1) is 7.06. The van der Waals surface area contributed by atoms with Crippen molar-refractivity contribution in [3.05, 3.63) is 0 Å². The molecule has 0 aromatic carbocycles. The molecule has 0 radical (unpaired) electrons. The Labute approximate surface area is 88.8 Å². The molecule has 3 atom stereocenters. The van der Waals surface area contributed by atoms with Crippen molar-refractivity contribution in [2.45, 2.75) is 13.3 Å². The summed E-state index contributed by atoms with van der Waals surface area (Å²) in [6.45, 7) is 4.73. The van der Waals surface area contributed by atoms with Crippen LogP contribution in [0.3, 0.4) is 0 Å². The Kier molecular flexibility index (Phi) is 2.42. The second-order valence-electron chi connectivity index (χ2n) is 4.58. The summed E-state index contributed by atoms with van der Waals surface area (Å²) in [6, 6.07) is 0. The number of nitrogens with zero attached hydrogens (tertiary/aromatic N) is 1. The minimum Gasteiger partial charge on any atom is -0.453 e. The lowest BCUT2D eigenvalue weighted by molar-refractivity contribution is -0.131. The van der Waals surface area contributed by atoms with Crippen molar-refractivity contribution in [2.24, 2.45) is 11.3 Å². The highest BCUT2D eigenvalue weighted by Gasteiger charge is 2.51. The second kappa shape index (κ2) is 3.48. The number of ether oxygens (including phenoxy) is 1. The molecule has 2 amide bonds. The van der Waals surface area contributed by atoms with Gasteiger partial charge in [0.15, 0.2) is 0 Å². The highest BCUT2D eigenvalue weighted by atomic mass is 16.5. The number of alkyl carbamates (subject to hydrolysis) is 1. The third-order valence-electron chi connectivity index (χ3n) is 3.65. The molecule has 0 saturated carbocycles. The molecule has 2 aliphatic rings. The molecule has 2 heterocycles. The number of hydrogen-bond acceptors (Lipinski definition) is 4. The van der Waals surface area contributed by atoms with Crippen LogP contribution in [0.5, 0.6) is 0 Å². The topological polar surface area (TPSA) is 58.6 Å². The van der Waals surface area contributed by atoms with Gasteiger partial charge in [0.25, 0.3) is 0 Å². The zero-order valence-electron chi connectivity index (χ0n) is 9.08. The molecule has 2 unspecified atom stereocenters. The average Bonchev–Trinajstić information content (AvgIpc) is 2.77. The highest BCUT2D eigenvalue weighted by Crippen LogP contribution is 2.42. The van der Waals surface area contributed by atoms with Gasteiger partial charge in [0.2, 0.25) is 5.91 Å². The molecule has 0 aliphatic carbocycles. The smallest absolute Gasteiger partial charge is 0.413 e. The number of imide groups is 1. The van der Waals surface area contributed by atoms with Crippen LogP contribution in [0.15, 0.2) is 0 Å². The Morgan fingerprint density at radius 1 is 1.53 bits per heavy atom. The molecule has 1 N–H and O–H groups in total. The van der Waals surface area contributed by atoms with Gasteiger partial charge < -0.3 is 9.64 Å². The van der Waals surface area contributed by atoms with Crippen LogP contribution >= 0.6 is 0 Å². The van der Waals surface area contributed by atoms with Gasteiger partial charge in [-0.1, -0.05) is 0 Å². The maximum absolute atomic E-state index is 11.9. The summed E-state index contributed by atoms with van der Waals surface area (Å²) in [5, 5.41) is 2.27. The Morgan fingerprint density at radius 2 is 2.27 bits per heavy atom. The van der Waals surface area contributed by atoms with Crippen LogP contribution in [-0.2, 0) is 9.53 Å². The number of hydrogen-bond donors (Lipinski definition) is 1. The Balaban J connectivity index is 2.03. The van der Waals surface area contributed by atoms with Gasteiger partial charge in [-0.25, -0.2) is 4.79 Å². The van der Waals surface area contributed by atoms with Crippen molar-refractivity contribution in [3.8, 4) is 0 Å². The molecular weight excluding hydrogens is 196 g/mol. The van der Waals surface area contributed by atoms with E-state index in [-0.39, 0.29) is 5.91 Å². The van der Waals surface area contributed by atoms with Crippen molar-refractivity contribution in [2.75, 3.05) is 26.7 Å². The first-order valence-corrected chi connectivity index (χ1v) is 5.18. The predicted octanol–water partition coefficient (Wildman–Crippen LogP) is 0.211. The van der Waals surface area contributed by atoms with Crippen molar-refractivity contribution in [3.63, 3.8) is 0 Å². The predicted molar refractivity (Wildman–Crippen MR) is 53.2 cm³/mol. The minimum atomic E-state index is -0.668. The third kappa shape index (κ3) is 1.61. The molecule has 15 heavy (non-hydrogen) atoms. The summed E-state index contributed by atoms with van der Waals surface area (Å²) < 4.78 is 4.42. The van der Waals surface area contributed by atoms with E-state index in [2.05, 4.69) is 15.0 Å². The van der Waals surface area contributed by atoms with E-state index in [0.29, 0.717) is 5.92 Å². The van der Waals surface area contributed by atoms with Crippen molar-refractivity contribution in [1.82, 2.24) is 10.2 Å². The van der Waals surface area contributed by atoms with Gasteiger partial charge in [-0.3, -0.25) is 10.1 Å². The number of carbonyl (C=O) groups is 2. The minimum absolute atomic E-state index is 0.207. The number of fused-ring (bicyclic) bond motifs is 2. The summed E-state index contributed by atoms with van der Waals surface area (Å²) in [6.07, 6.45) is 0.379. The van der Waals surface area contributed by atoms with Crippen molar-refractivity contribution >= 4 is 12.0 Å². The Morgan fingerprint density at radius 3 is 2.73 bits per heavy atom. The van der Waals surface area contributed by atoms with E-state index in [1.54, 1.807) is 0 Å². The van der Waals surface area contributed by atoms with Crippen LogP contribution < -0.4 is 5.32 Å². The molecule has 2 aliphatic heterocycles. The van der Waals surface area contributed by atoms with E-state index in [0.717, 1.165) is 26.1 Å². The van der Waals surface area contributed by atoms with Crippen molar-refractivity contribution < 1.29 is 14.3 Å². The van der Waals surface area contributed by atoms with Gasteiger partial charge in [0.1, 0.15) is 0 Å². The van der Waals surface area contributed by atoms with E-state index < -0.39 is 11.5 Å². The zero-order valence-corrected chi connectivity index (χ0v) is 9.08. The normalized spacial score (nSPS) is 37.7. The van der Waals surface area contributed by atoms with Crippen LogP contribution in [0, 0.1) is 11.3 Å². The van der Waals surface area contributed by atoms with Crippen LogP contribution in [0.25, 0.3) is 0 Å². The fourth-order valence-corrected chi connectivity index (χ4v) is 2.63. The number of carbonyl (C=O) groups excluding carboxylic acids is 2. The van der Waals surface area contributed by atoms with E-state index in [4.69, 9.17) is 0 Å². The first kappa shape index (κ1) is 10.4. The van der Waals surface area contributed by atoms with Crippen molar-refractivity contribution in [1.29, 1.82) is 0 Å². The van der Waals surface area contributed by atoms with Gasteiger partial charge in [-0.2, -0.15) is 0 Å². The summed E-state index contributed by atoms with van der Waals surface area (Å²) in [5.74, 6) is 0.170. The van der Waals surface area contributed by atoms with Crippen LogP contribution in [-0.4, -0.2) is 43.6 Å². The number of amides is 2. The fraction of sp³-hybridized carbons (Fsp3) is 0.800. The van der Waals surface area contributed by atoms with Crippen LogP contribution in [0.2, 0.25) is 0 Å². The molecule has 5 nitrogen and oxygen atoms in total. The molecule has 0 aromatic rings. The first-order valence-electron chi connectivity index (χ1n) is 5.18. The largest absolute Gasteiger partial charge is 0.453 e.